The van der Waals surface area contributed by atoms with Crippen molar-refractivity contribution in [3.8, 4) is 5.75 Å². The summed E-state index contributed by atoms with van der Waals surface area (Å²) in [5, 5.41) is 2.78. The number of nitrogens with zero attached hydrogens (tertiary/aromatic N) is 1. The summed E-state index contributed by atoms with van der Waals surface area (Å²) in [6.45, 7) is 6.18. The van der Waals surface area contributed by atoms with Crippen LogP contribution in [0.1, 0.15) is 30.6 Å². The molecule has 0 atom stereocenters. The molecule has 0 radical (unpaired) electrons. The van der Waals surface area contributed by atoms with Crippen molar-refractivity contribution in [2.24, 2.45) is 0 Å². The number of amides is 1. The third kappa shape index (κ3) is 5.90. The van der Waals surface area contributed by atoms with Crippen LogP contribution in [0.2, 0.25) is 0 Å². The fourth-order valence-electron chi connectivity index (χ4n) is 2.65. The van der Waals surface area contributed by atoms with E-state index in [9.17, 15) is 13.2 Å². The van der Waals surface area contributed by atoms with E-state index in [1.165, 1.54) is 29.6 Å². The summed E-state index contributed by atoms with van der Waals surface area (Å²) in [5.41, 5.74) is 0.191. The highest BCUT2D eigenvalue weighted by atomic mass is 32.2. The minimum atomic E-state index is -3.68. The van der Waals surface area contributed by atoms with Crippen LogP contribution in [0.5, 0.6) is 5.75 Å². The van der Waals surface area contributed by atoms with E-state index in [1.807, 2.05) is 13.8 Å². The van der Waals surface area contributed by atoms with Crippen LogP contribution in [-0.4, -0.2) is 71.3 Å². The molecule has 1 aromatic carbocycles. The molecule has 0 bridgehead atoms. The van der Waals surface area contributed by atoms with Gasteiger partial charge in [-0.25, -0.2) is 8.42 Å². The Balaban J connectivity index is 2.11. The Morgan fingerprint density at radius 2 is 2.00 bits per heavy atom. The first-order valence-corrected chi connectivity index (χ1v) is 10.5. The zero-order chi connectivity index (χ0) is 19.9. The monoisotopic (exact) mass is 400 g/mol. The molecule has 0 aliphatic carbocycles. The van der Waals surface area contributed by atoms with Crippen molar-refractivity contribution >= 4 is 15.9 Å². The maximum atomic E-state index is 12.8. The molecule has 1 heterocycles. The number of carbonyl (C=O) groups excluding carboxylic acids is 1. The molecule has 1 aromatic rings. The maximum absolute atomic E-state index is 12.8. The predicted molar refractivity (Wildman–Crippen MR) is 101 cm³/mol. The first-order chi connectivity index (χ1) is 12.9. The molecule has 152 valence electrons. The van der Waals surface area contributed by atoms with Gasteiger partial charge in [0, 0.05) is 26.2 Å². The molecule has 1 aliphatic heterocycles. The Kier molecular flexibility index (Phi) is 8.03. The van der Waals surface area contributed by atoms with Gasteiger partial charge in [0.05, 0.1) is 36.9 Å². The molecule has 1 fully saturated rings. The standard InChI is InChI=1S/C18H28N2O6S/c1-14(2)26-10-4-7-19-18(21)16-13-15(5-6-17(16)24-3)27(22,23)20-8-11-25-12-9-20/h5-6,13-14H,4,7-12H2,1-3H3,(H,19,21). The summed E-state index contributed by atoms with van der Waals surface area (Å²) in [6.07, 6.45) is 0.806. The van der Waals surface area contributed by atoms with Crippen LogP contribution in [0.15, 0.2) is 23.1 Å². The summed E-state index contributed by atoms with van der Waals surface area (Å²) >= 11 is 0. The predicted octanol–water partition coefficient (Wildman–Crippen LogP) is 1.26. The molecular formula is C18H28N2O6S. The molecule has 1 aliphatic rings. The van der Waals surface area contributed by atoms with Crippen LogP contribution in [0.25, 0.3) is 0 Å². The lowest BCUT2D eigenvalue weighted by atomic mass is 10.2. The van der Waals surface area contributed by atoms with Crippen LogP contribution in [0.3, 0.4) is 0 Å². The van der Waals surface area contributed by atoms with Gasteiger partial charge >= 0.3 is 0 Å². The van der Waals surface area contributed by atoms with E-state index in [2.05, 4.69) is 5.32 Å². The number of hydrogen-bond donors (Lipinski definition) is 1. The normalized spacial score (nSPS) is 15.7. The Labute approximate surface area is 160 Å². The fraction of sp³-hybridized carbons (Fsp3) is 0.611. The molecule has 1 saturated heterocycles. The number of rotatable bonds is 9. The van der Waals surface area contributed by atoms with Gasteiger partial charge in [-0.2, -0.15) is 4.31 Å². The number of ether oxygens (including phenoxy) is 3. The Morgan fingerprint density at radius 3 is 2.63 bits per heavy atom. The molecule has 0 saturated carbocycles. The molecule has 0 aromatic heterocycles. The summed E-state index contributed by atoms with van der Waals surface area (Å²) < 4.78 is 42.8. The number of hydrogen-bond acceptors (Lipinski definition) is 6. The second kappa shape index (κ2) is 10.0. The van der Waals surface area contributed by atoms with Crippen LogP contribution < -0.4 is 10.1 Å². The second-order valence-corrected chi connectivity index (χ2v) is 8.35. The highest BCUT2D eigenvalue weighted by molar-refractivity contribution is 7.89. The fourth-order valence-corrected chi connectivity index (χ4v) is 4.08. The molecule has 0 spiro atoms. The number of morpholine rings is 1. The van der Waals surface area contributed by atoms with Gasteiger partial charge in [-0.05, 0) is 38.5 Å². The van der Waals surface area contributed by atoms with Gasteiger partial charge in [0.2, 0.25) is 10.0 Å². The van der Waals surface area contributed by atoms with Gasteiger partial charge in [0.1, 0.15) is 5.75 Å². The molecule has 2 rings (SSSR count). The quantitative estimate of drug-likeness (QED) is 0.627. The number of methoxy groups -OCH3 is 1. The number of benzene rings is 1. The largest absolute Gasteiger partial charge is 0.496 e. The van der Waals surface area contributed by atoms with Crippen LogP contribution in [0, 0.1) is 0 Å². The van der Waals surface area contributed by atoms with Gasteiger partial charge in [-0.3, -0.25) is 4.79 Å². The van der Waals surface area contributed by atoms with Crippen molar-refractivity contribution in [3.05, 3.63) is 23.8 Å². The number of sulfonamides is 1. The van der Waals surface area contributed by atoms with Gasteiger partial charge in [0.15, 0.2) is 0 Å². The molecule has 9 heteroatoms. The first-order valence-electron chi connectivity index (χ1n) is 9.02. The zero-order valence-electron chi connectivity index (χ0n) is 16.1. The van der Waals surface area contributed by atoms with Crippen molar-refractivity contribution in [1.29, 1.82) is 0 Å². The topological polar surface area (TPSA) is 94.2 Å². The third-order valence-corrected chi connectivity index (χ3v) is 5.98. The smallest absolute Gasteiger partial charge is 0.255 e. The van der Waals surface area contributed by atoms with E-state index < -0.39 is 10.0 Å². The summed E-state index contributed by atoms with van der Waals surface area (Å²) in [4.78, 5) is 12.6. The lowest BCUT2D eigenvalue weighted by Gasteiger charge is -2.26. The van der Waals surface area contributed by atoms with E-state index in [0.29, 0.717) is 51.6 Å². The third-order valence-electron chi connectivity index (χ3n) is 4.08. The van der Waals surface area contributed by atoms with E-state index >= 15 is 0 Å². The highest BCUT2D eigenvalue weighted by Gasteiger charge is 2.28. The molecule has 27 heavy (non-hydrogen) atoms. The van der Waals surface area contributed by atoms with Gasteiger partial charge in [0.25, 0.3) is 5.91 Å². The van der Waals surface area contributed by atoms with Crippen molar-refractivity contribution < 1.29 is 27.4 Å². The SMILES string of the molecule is COc1ccc(S(=O)(=O)N2CCOCC2)cc1C(=O)NCCCOC(C)C. The first kappa shape index (κ1) is 21.6. The Hall–Kier alpha value is -1.68. The minimum absolute atomic E-state index is 0.0680. The van der Waals surface area contributed by atoms with Crippen molar-refractivity contribution in [2.75, 3.05) is 46.6 Å². The lowest BCUT2D eigenvalue weighted by molar-refractivity contribution is 0.0730. The Morgan fingerprint density at radius 1 is 1.30 bits per heavy atom. The number of nitrogens with one attached hydrogen (secondary N) is 1. The lowest BCUT2D eigenvalue weighted by Crippen LogP contribution is -2.40. The number of carbonyl (C=O) groups is 1. The maximum Gasteiger partial charge on any atom is 0.255 e. The van der Waals surface area contributed by atoms with Crippen LogP contribution in [-0.2, 0) is 19.5 Å². The molecule has 8 nitrogen and oxygen atoms in total. The zero-order valence-corrected chi connectivity index (χ0v) is 16.9. The minimum Gasteiger partial charge on any atom is -0.496 e. The van der Waals surface area contributed by atoms with Gasteiger partial charge in [-0.1, -0.05) is 0 Å². The molecular weight excluding hydrogens is 372 g/mol. The molecule has 1 N–H and O–H groups in total. The van der Waals surface area contributed by atoms with Gasteiger partial charge in [-0.15, -0.1) is 0 Å². The van der Waals surface area contributed by atoms with Crippen molar-refractivity contribution in [1.82, 2.24) is 9.62 Å². The molecule has 1 amide bonds. The Bertz CT molecular complexity index is 729. The van der Waals surface area contributed by atoms with E-state index in [4.69, 9.17) is 14.2 Å². The van der Waals surface area contributed by atoms with Crippen LogP contribution in [0.4, 0.5) is 0 Å². The molecule has 0 unspecified atom stereocenters. The van der Waals surface area contributed by atoms with Crippen molar-refractivity contribution in [2.45, 2.75) is 31.3 Å². The highest BCUT2D eigenvalue weighted by Crippen LogP contribution is 2.25. The van der Waals surface area contributed by atoms with Crippen LogP contribution >= 0.6 is 0 Å². The van der Waals surface area contributed by atoms with E-state index in [0.717, 1.165) is 0 Å². The average molecular weight is 400 g/mol. The summed E-state index contributed by atoms with van der Waals surface area (Å²) in [7, 11) is -2.24. The van der Waals surface area contributed by atoms with Crippen molar-refractivity contribution in [3.63, 3.8) is 0 Å². The second-order valence-electron chi connectivity index (χ2n) is 6.41. The summed E-state index contributed by atoms with van der Waals surface area (Å²) in [6, 6.07) is 4.32. The van der Waals surface area contributed by atoms with E-state index in [1.54, 1.807) is 0 Å². The summed E-state index contributed by atoms with van der Waals surface area (Å²) in [5.74, 6) is -0.0534. The van der Waals surface area contributed by atoms with Gasteiger partial charge < -0.3 is 19.5 Å². The average Bonchev–Trinajstić information content (AvgIpc) is 2.67. The van der Waals surface area contributed by atoms with E-state index in [-0.39, 0.29) is 22.5 Å².